The van der Waals surface area contributed by atoms with E-state index >= 15 is 0 Å². The summed E-state index contributed by atoms with van der Waals surface area (Å²) in [4.78, 5) is 20.1. The topological polar surface area (TPSA) is 58.9 Å². The second kappa shape index (κ2) is 6.57. The van der Waals surface area contributed by atoms with E-state index in [0.717, 1.165) is 53.8 Å². The van der Waals surface area contributed by atoms with Crippen molar-refractivity contribution in [2.24, 2.45) is 0 Å². The number of nitrogens with one attached hydrogen (secondary N) is 1. The number of hydrogen-bond acceptors (Lipinski definition) is 4. The van der Waals surface area contributed by atoms with Crippen LogP contribution < -0.4 is 5.32 Å². The maximum absolute atomic E-state index is 13.4. The van der Waals surface area contributed by atoms with Gasteiger partial charge in [0.05, 0.1) is 30.2 Å². The molecule has 6 rings (SSSR count). The van der Waals surface area contributed by atoms with Gasteiger partial charge in [0.1, 0.15) is 0 Å². The first kappa shape index (κ1) is 18.0. The summed E-state index contributed by atoms with van der Waals surface area (Å²) in [5.74, 6) is 0.107. The van der Waals surface area contributed by atoms with Gasteiger partial charge in [-0.3, -0.25) is 4.79 Å². The molecule has 30 heavy (non-hydrogen) atoms. The minimum absolute atomic E-state index is 0.0116. The molecule has 0 atom stereocenters. The number of rotatable bonds is 1. The Bertz CT molecular complexity index is 1130. The molecule has 0 bridgehead atoms. The molecule has 1 N–H and O–H groups in total. The van der Waals surface area contributed by atoms with Crippen LogP contribution in [0.4, 0.5) is 5.69 Å². The number of morpholine rings is 1. The molecule has 154 valence electrons. The maximum Gasteiger partial charge on any atom is 0.255 e. The lowest BCUT2D eigenvalue weighted by molar-refractivity contribution is 0.0301. The molecule has 2 aromatic heterocycles. The van der Waals surface area contributed by atoms with E-state index in [2.05, 4.69) is 29.6 Å². The standard InChI is InChI=1S/C24H26N4O2/c1-16-14-28-15-20(23(29)27-8-10-30-11-9-27)19-6-7-24(26-21(19)22(28)25-16)12-17-4-2-3-5-18(17)13-24/h2-5,14-15,26H,6-13H2,1H3. The second-order valence-corrected chi connectivity index (χ2v) is 8.94. The van der Waals surface area contributed by atoms with E-state index in [1.165, 1.54) is 11.1 Å². The third-order valence-electron chi connectivity index (χ3n) is 6.92. The van der Waals surface area contributed by atoms with Crippen molar-refractivity contribution in [3.8, 4) is 0 Å². The lowest BCUT2D eigenvalue weighted by Gasteiger charge is -2.38. The smallest absolute Gasteiger partial charge is 0.255 e. The number of benzene rings is 1. The number of anilines is 1. The van der Waals surface area contributed by atoms with Gasteiger partial charge in [0.2, 0.25) is 0 Å². The number of fused-ring (bicyclic) bond motifs is 4. The molecule has 6 nitrogen and oxygen atoms in total. The van der Waals surface area contributed by atoms with Gasteiger partial charge in [0.15, 0.2) is 5.65 Å². The summed E-state index contributed by atoms with van der Waals surface area (Å²) in [5.41, 5.74) is 7.73. The zero-order chi connectivity index (χ0) is 20.3. The minimum atomic E-state index is 0.0116. The van der Waals surface area contributed by atoms with Gasteiger partial charge >= 0.3 is 0 Å². The van der Waals surface area contributed by atoms with Gasteiger partial charge in [-0.2, -0.15) is 0 Å². The number of hydrogen-bond donors (Lipinski definition) is 1. The molecule has 1 aromatic carbocycles. The predicted molar refractivity (Wildman–Crippen MR) is 115 cm³/mol. The number of carbonyl (C=O) groups is 1. The molecule has 3 aliphatic rings. The fourth-order valence-electron chi connectivity index (χ4n) is 5.45. The number of pyridine rings is 1. The fourth-order valence-corrected chi connectivity index (χ4v) is 5.45. The van der Waals surface area contributed by atoms with Crippen LogP contribution >= 0.6 is 0 Å². The maximum atomic E-state index is 13.4. The van der Waals surface area contributed by atoms with Gasteiger partial charge in [0.25, 0.3) is 5.91 Å². The van der Waals surface area contributed by atoms with Crippen LogP contribution in [0.1, 0.15) is 39.2 Å². The number of nitrogens with zero attached hydrogens (tertiary/aromatic N) is 3. The second-order valence-electron chi connectivity index (χ2n) is 8.94. The van der Waals surface area contributed by atoms with Crippen LogP contribution in [0.2, 0.25) is 0 Å². The van der Waals surface area contributed by atoms with Crippen molar-refractivity contribution < 1.29 is 9.53 Å². The normalized spacial score (nSPS) is 19.6. The zero-order valence-corrected chi connectivity index (χ0v) is 17.3. The van der Waals surface area contributed by atoms with Gasteiger partial charge in [-0.25, -0.2) is 4.98 Å². The Hall–Kier alpha value is -2.86. The highest BCUT2D eigenvalue weighted by Crippen LogP contribution is 2.43. The van der Waals surface area contributed by atoms with Crippen molar-refractivity contribution in [1.82, 2.24) is 14.3 Å². The third-order valence-corrected chi connectivity index (χ3v) is 6.92. The molecule has 1 amide bonds. The summed E-state index contributed by atoms with van der Waals surface area (Å²) in [6.45, 7) is 4.54. The molecule has 0 saturated carbocycles. The van der Waals surface area contributed by atoms with Gasteiger partial charge in [0, 0.05) is 31.0 Å². The van der Waals surface area contributed by atoms with Crippen molar-refractivity contribution in [3.05, 3.63) is 64.6 Å². The molecule has 1 saturated heterocycles. The predicted octanol–water partition coefficient (Wildman–Crippen LogP) is 3.01. The Morgan fingerprint density at radius 3 is 2.60 bits per heavy atom. The van der Waals surface area contributed by atoms with E-state index in [1.807, 2.05) is 28.6 Å². The minimum Gasteiger partial charge on any atom is -0.378 e. The Labute approximate surface area is 175 Å². The highest BCUT2D eigenvalue weighted by atomic mass is 16.5. The van der Waals surface area contributed by atoms with Gasteiger partial charge < -0.3 is 19.4 Å². The van der Waals surface area contributed by atoms with E-state index in [1.54, 1.807) is 0 Å². The fraction of sp³-hybridized carbons (Fsp3) is 0.417. The lowest BCUT2D eigenvalue weighted by atomic mass is 9.82. The van der Waals surface area contributed by atoms with E-state index in [-0.39, 0.29) is 11.4 Å². The first-order valence-electron chi connectivity index (χ1n) is 10.9. The van der Waals surface area contributed by atoms with E-state index in [0.29, 0.717) is 26.3 Å². The van der Waals surface area contributed by atoms with Crippen LogP contribution in [0.5, 0.6) is 0 Å². The Kier molecular flexibility index (Phi) is 3.93. The number of ether oxygens (including phenoxy) is 1. The van der Waals surface area contributed by atoms with Crippen LogP contribution in [0.25, 0.3) is 5.65 Å². The first-order chi connectivity index (χ1) is 14.6. The summed E-state index contributed by atoms with van der Waals surface area (Å²) in [7, 11) is 0. The molecule has 6 heteroatoms. The average Bonchev–Trinajstić information content (AvgIpc) is 3.32. The number of aryl methyl sites for hydroxylation is 1. The Morgan fingerprint density at radius 1 is 1.13 bits per heavy atom. The van der Waals surface area contributed by atoms with E-state index in [9.17, 15) is 4.79 Å². The van der Waals surface area contributed by atoms with E-state index < -0.39 is 0 Å². The van der Waals surface area contributed by atoms with Gasteiger partial charge in [-0.1, -0.05) is 24.3 Å². The van der Waals surface area contributed by atoms with Crippen molar-refractivity contribution in [1.29, 1.82) is 0 Å². The summed E-state index contributed by atoms with van der Waals surface area (Å²) in [5, 5.41) is 3.90. The van der Waals surface area contributed by atoms with Crippen LogP contribution in [-0.2, 0) is 24.0 Å². The monoisotopic (exact) mass is 402 g/mol. The van der Waals surface area contributed by atoms with Gasteiger partial charge in [-0.15, -0.1) is 0 Å². The van der Waals surface area contributed by atoms with Crippen LogP contribution in [0.15, 0.2) is 36.7 Å². The Morgan fingerprint density at radius 2 is 1.87 bits per heavy atom. The molecule has 1 spiro atoms. The summed E-state index contributed by atoms with van der Waals surface area (Å²) < 4.78 is 7.47. The average molecular weight is 402 g/mol. The Balaban J connectivity index is 1.44. The van der Waals surface area contributed by atoms with Crippen LogP contribution in [0, 0.1) is 6.92 Å². The lowest BCUT2D eigenvalue weighted by Crippen LogP contribution is -2.44. The zero-order valence-electron chi connectivity index (χ0n) is 17.3. The third kappa shape index (κ3) is 2.74. The quantitative estimate of drug-likeness (QED) is 0.680. The summed E-state index contributed by atoms with van der Waals surface area (Å²) >= 11 is 0. The molecule has 3 aromatic rings. The molecular formula is C24H26N4O2. The number of amides is 1. The molecule has 0 radical (unpaired) electrons. The first-order valence-corrected chi connectivity index (χ1v) is 10.9. The highest BCUT2D eigenvalue weighted by Gasteiger charge is 2.41. The molecule has 1 aliphatic carbocycles. The van der Waals surface area contributed by atoms with Crippen LogP contribution in [-0.4, -0.2) is 52.0 Å². The van der Waals surface area contributed by atoms with Crippen molar-refractivity contribution in [3.63, 3.8) is 0 Å². The van der Waals surface area contributed by atoms with Crippen molar-refractivity contribution in [2.45, 2.75) is 38.1 Å². The summed E-state index contributed by atoms with van der Waals surface area (Å²) in [6, 6.07) is 8.75. The number of imidazole rings is 1. The summed E-state index contributed by atoms with van der Waals surface area (Å²) in [6.07, 6.45) is 7.96. The number of aromatic nitrogens is 2. The van der Waals surface area contributed by atoms with Gasteiger partial charge in [-0.05, 0) is 49.3 Å². The van der Waals surface area contributed by atoms with Crippen molar-refractivity contribution in [2.75, 3.05) is 31.6 Å². The molecule has 1 fully saturated rings. The molecular weight excluding hydrogens is 376 g/mol. The largest absolute Gasteiger partial charge is 0.378 e. The SMILES string of the molecule is Cc1cn2cc(C(=O)N3CCOCC3)c3c(c2n1)NC1(CC3)Cc2ccccc2C1. The van der Waals surface area contributed by atoms with Crippen LogP contribution in [0.3, 0.4) is 0 Å². The highest BCUT2D eigenvalue weighted by molar-refractivity contribution is 5.99. The van der Waals surface area contributed by atoms with E-state index in [4.69, 9.17) is 9.72 Å². The van der Waals surface area contributed by atoms with Crippen molar-refractivity contribution >= 4 is 17.2 Å². The molecule has 4 heterocycles. The number of carbonyl (C=O) groups excluding carboxylic acids is 1. The molecule has 2 aliphatic heterocycles. The molecule has 0 unspecified atom stereocenters.